The van der Waals surface area contributed by atoms with E-state index in [-0.39, 0.29) is 36.3 Å². The standard InChI is InChI=1S/C32H31FN4O4.ClH/c1-5-8-29-27(31(38)37(20(4)34-29)23-13-15-24(16-14-23)40-19(2)3)17-22-12-11-21(18-28(22)33)25-9-6-7-10-26(25)30-35-32(39)41-36-30;/h6-7,9-16,18-19H,5,8,17H2,1-4H3,(H,35,36,39);1H. The molecule has 10 heteroatoms. The van der Waals surface area contributed by atoms with Gasteiger partial charge in [-0.3, -0.25) is 18.9 Å². The maximum atomic E-state index is 15.6. The van der Waals surface area contributed by atoms with Crippen molar-refractivity contribution in [2.24, 2.45) is 0 Å². The van der Waals surface area contributed by atoms with Crippen LogP contribution in [0.2, 0.25) is 0 Å². The molecule has 0 aliphatic carbocycles. The number of hydrogen-bond acceptors (Lipinski definition) is 6. The molecule has 0 amide bonds. The minimum Gasteiger partial charge on any atom is -0.491 e. The molecule has 0 aliphatic rings. The van der Waals surface area contributed by atoms with Gasteiger partial charge in [0, 0.05) is 17.5 Å². The predicted octanol–water partition coefficient (Wildman–Crippen LogP) is 6.44. The number of aromatic amines is 1. The Kier molecular flexibility index (Phi) is 9.42. The Balaban J connectivity index is 0.00000405. The number of halogens is 2. The van der Waals surface area contributed by atoms with Gasteiger partial charge in [-0.05, 0) is 74.2 Å². The van der Waals surface area contributed by atoms with Gasteiger partial charge in [0.25, 0.3) is 5.56 Å². The third kappa shape index (κ3) is 6.36. The fourth-order valence-electron chi connectivity index (χ4n) is 4.93. The van der Waals surface area contributed by atoms with Gasteiger partial charge in [-0.15, -0.1) is 12.4 Å². The number of rotatable bonds is 9. The lowest BCUT2D eigenvalue weighted by atomic mass is 9.95. The van der Waals surface area contributed by atoms with E-state index in [9.17, 15) is 9.59 Å². The van der Waals surface area contributed by atoms with E-state index in [2.05, 4.69) is 14.7 Å². The van der Waals surface area contributed by atoms with Crippen molar-refractivity contribution >= 4 is 12.4 Å². The zero-order valence-corrected chi connectivity index (χ0v) is 24.6. The fourth-order valence-corrected chi connectivity index (χ4v) is 4.93. The molecule has 0 bridgehead atoms. The van der Waals surface area contributed by atoms with Crippen LogP contribution in [-0.4, -0.2) is 25.8 Å². The zero-order chi connectivity index (χ0) is 29.1. The average molecular weight is 591 g/mol. The number of benzene rings is 3. The highest BCUT2D eigenvalue weighted by Crippen LogP contribution is 2.31. The number of aromatic nitrogens is 4. The molecule has 8 nitrogen and oxygen atoms in total. The smallest absolute Gasteiger partial charge is 0.439 e. The highest BCUT2D eigenvalue weighted by Gasteiger charge is 2.19. The molecule has 3 aromatic carbocycles. The highest BCUT2D eigenvalue weighted by atomic mass is 35.5. The molecule has 42 heavy (non-hydrogen) atoms. The van der Waals surface area contributed by atoms with Gasteiger partial charge >= 0.3 is 5.76 Å². The van der Waals surface area contributed by atoms with Crippen LogP contribution in [0.15, 0.2) is 80.8 Å². The van der Waals surface area contributed by atoms with E-state index in [1.807, 2.05) is 57.2 Å². The van der Waals surface area contributed by atoms with E-state index in [1.165, 1.54) is 6.07 Å². The average Bonchev–Trinajstić information content (AvgIpc) is 3.38. The molecule has 0 spiro atoms. The van der Waals surface area contributed by atoms with Crippen LogP contribution in [0.4, 0.5) is 4.39 Å². The number of nitrogens with one attached hydrogen (secondary N) is 1. The quantitative estimate of drug-likeness (QED) is 0.212. The normalized spacial score (nSPS) is 11.0. The molecule has 0 saturated heterocycles. The number of nitrogens with zero attached hydrogens (tertiary/aromatic N) is 3. The summed E-state index contributed by atoms with van der Waals surface area (Å²) in [6.45, 7) is 7.73. The van der Waals surface area contributed by atoms with Crippen LogP contribution in [0.3, 0.4) is 0 Å². The summed E-state index contributed by atoms with van der Waals surface area (Å²) in [6.07, 6.45) is 1.54. The Morgan fingerprint density at radius 2 is 1.74 bits per heavy atom. The van der Waals surface area contributed by atoms with Crippen molar-refractivity contribution in [2.75, 3.05) is 0 Å². The topological polar surface area (TPSA) is 103 Å². The van der Waals surface area contributed by atoms with Crippen molar-refractivity contribution in [1.82, 2.24) is 19.7 Å². The van der Waals surface area contributed by atoms with Crippen LogP contribution in [0, 0.1) is 12.7 Å². The lowest BCUT2D eigenvalue weighted by molar-refractivity contribution is 0.242. The molecule has 0 unspecified atom stereocenters. The zero-order valence-electron chi connectivity index (χ0n) is 23.8. The van der Waals surface area contributed by atoms with Crippen LogP contribution in [0.1, 0.15) is 49.8 Å². The molecule has 0 saturated carbocycles. The van der Waals surface area contributed by atoms with Crippen molar-refractivity contribution in [3.8, 4) is 34.0 Å². The summed E-state index contributed by atoms with van der Waals surface area (Å²) in [6, 6.07) is 19.4. The van der Waals surface area contributed by atoms with Gasteiger partial charge in [0.2, 0.25) is 0 Å². The number of hydrogen-bond donors (Lipinski definition) is 1. The first-order chi connectivity index (χ1) is 19.7. The van der Waals surface area contributed by atoms with Crippen LogP contribution in [0.5, 0.6) is 5.75 Å². The van der Waals surface area contributed by atoms with Gasteiger partial charge in [-0.25, -0.2) is 14.2 Å². The summed E-state index contributed by atoms with van der Waals surface area (Å²) in [5, 5.41) is 3.77. The second-order valence-corrected chi connectivity index (χ2v) is 10.1. The third-order valence-electron chi connectivity index (χ3n) is 6.74. The van der Waals surface area contributed by atoms with Crippen molar-refractivity contribution in [2.45, 2.75) is 53.1 Å². The summed E-state index contributed by atoms with van der Waals surface area (Å²) in [5.41, 5.74) is 3.85. The Morgan fingerprint density at radius 1 is 1.02 bits per heavy atom. The van der Waals surface area contributed by atoms with E-state index >= 15 is 4.39 Å². The second-order valence-electron chi connectivity index (χ2n) is 10.1. The van der Waals surface area contributed by atoms with Gasteiger partial charge in [-0.2, -0.15) is 0 Å². The Labute approximate surface area is 248 Å². The maximum absolute atomic E-state index is 15.6. The lowest BCUT2D eigenvalue weighted by Crippen LogP contribution is -2.28. The molecule has 0 aliphatic heterocycles. The summed E-state index contributed by atoms with van der Waals surface area (Å²) in [5.74, 6) is 0.419. The first kappa shape index (κ1) is 30.5. The van der Waals surface area contributed by atoms with E-state index in [4.69, 9.17) is 9.72 Å². The maximum Gasteiger partial charge on any atom is 0.439 e. The lowest BCUT2D eigenvalue weighted by Gasteiger charge is -2.17. The molecule has 2 heterocycles. The van der Waals surface area contributed by atoms with E-state index < -0.39 is 11.6 Å². The molecule has 5 rings (SSSR count). The Bertz CT molecular complexity index is 1810. The van der Waals surface area contributed by atoms with E-state index in [0.29, 0.717) is 57.2 Å². The summed E-state index contributed by atoms with van der Waals surface area (Å²) in [7, 11) is 0. The second kappa shape index (κ2) is 13.0. The van der Waals surface area contributed by atoms with Crippen molar-refractivity contribution < 1.29 is 13.7 Å². The summed E-state index contributed by atoms with van der Waals surface area (Å²) < 4.78 is 27.6. The predicted molar refractivity (Wildman–Crippen MR) is 162 cm³/mol. The van der Waals surface area contributed by atoms with Crippen LogP contribution in [0.25, 0.3) is 28.2 Å². The molecular formula is C32H32ClFN4O4. The Morgan fingerprint density at radius 3 is 2.36 bits per heavy atom. The van der Waals surface area contributed by atoms with Gasteiger partial charge in [-0.1, -0.05) is 54.9 Å². The van der Waals surface area contributed by atoms with Crippen molar-refractivity contribution in [3.05, 3.63) is 116 Å². The largest absolute Gasteiger partial charge is 0.491 e. The summed E-state index contributed by atoms with van der Waals surface area (Å²) >= 11 is 0. The molecule has 0 atom stereocenters. The van der Waals surface area contributed by atoms with Gasteiger partial charge in [0.1, 0.15) is 17.4 Å². The number of H-pyrrole nitrogens is 1. The van der Waals surface area contributed by atoms with E-state index in [0.717, 1.165) is 6.42 Å². The number of aryl methyl sites for hydroxylation is 2. The minimum atomic E-state index is -0.670. The van der Waals surface area contributed by atoms with Crippen molar-refractivity contribution in [1.29, 1.82) is 0 Å². The minimum absolute atomic E-state index is 0. The third-order valence-corrected chi connectivity index (χ3v) is 6.74. The van der Waals surface area contributed by atoms with Gasteiger partial charge < -0.3 is 4.74 Å². The van der Waals surface area contributed by atoms with Gasteiger partial charge in [0.05, 0.1) is 17.5 Å². The Hall–Kier alpha value is -4.50. The van der Waals surface area contributed by atoms with Crippen LogP contribution in [-0.2, 0) is 12.8 Å². The fraction of sp³-hybridized carbons (Fsp3) is 0.250. The molecule has 0 fully saturated rings. The first-order valence-electron chi connectivity index (χ1n) is 13.6. The molecule has 1 N–H and O–H groups in total. The summed E-state index contributed by atoms with van der Waals surface area (Å²) in [4.78, 5) is 32.7. The SMILES string of the molecule is CCCc1nc(C)n(-c2ccc(OC(C)C)cc2)c(=O)c1Cc1ccc(-c2ccccc2-c2noc(=O)[nH]2)cc1F.Cl. The molecule has 0 radical (unpaired) electrons. The van der Waals surface area contributed by atoms with Gasteiger partial charge in [0.15, 0.2) is 5.82 Å². The first-order valence-corrected chi connectivity index (χ1v) is 13.6. The van der Waals surface area contributed by atoms with Crippen LogP contribution < -0.4 is 16.1 Å². The van der Waals surface area contributed by atoms with E-state index in [1.54, 1.807) is 35.8 Å². The van der Waals surface area contributed by atoms with Crippen LogP contribution >= 0.6 is 12.4 Å². The number of ether oxygens (including phenoxy) is 1. The van der Waals surface area contributed by atoms with Crippen molar-refractivity contribution in [3.63, 3.8) is 0 Å². The molecule has 218 valence electrons. The molecule has 2 aromatic heterocycles. The monoisotopic (exact) mass is 590 g/mol. The molecular weight excluding hydrogens is 559 g/mol. The molecule has 5 aromatic rings. The highest BCUT2D eigenvalue weighted by molar-refractivity contribution is 5.85.